The third-order valence-electron chi connectivity index (χ3n) is 3.80. The zero-order valence-electron chi connectivity index (χ0n) is 10.0. The maximum atomic E-state index is 13.3. The van der Waals surface area contributed by atoms with E-state index in [0.717, 1.165) is 37.7 Å². The van der Waals surface area contributed by atoms with Crippen LogP contribution in [-0.4, -0.2) is 31.1 Å². The summed E-state index contributed by atoms with van der Waals surface area (Å²) in [5.74, 6) is 0.637. The minimum atomic E-state index is -0.108. The van der Waals surface area contributed by atoms with Crippen LogP contribution in [-0.2, 0) is 0 Å². The number of piperazine rings is 1. The van der Waals surface area contributed by atoms with E-state index >= 15 is 0 Å². The maximum Gasteiger partial charge on any atom is 0.123 e. The second-order valence-corrected chi connectivity index (χ2v) is 5.12. The molecule has 2 aliphatic rings. The summed E-state index contributed by atoms with van der Waals surface area (Å²) in [7, 11) is 0. The number of benzene rings is 1. The number of halogens is 1. The van der Waals surface area contributed by atoms with Crippen LogP contribution < -0.4 is 5.32 Å². The first-order chi connectivity index (χ1) is 8.34. The summed E-state index contributed by atoms with van der Waals surface area (Å²) < 4.78 is 13.3. The van der Waals surface area contributed by atoms with Crippen molar-refractivity contribution < 1.29 is 4.39 Å². The molecule has 3 heteroatoms. The van der Waals surface area contributed by atoms with Gasteiger partial charge in [-0.1, -0.05) is 12.1 Å². The van der Waals surface area contributed by atoms with E-state index in [2.05, 4.69) is 16.3 Å². The van der Waals surface area contributed by atoms with E-state index in [1.54, 1.807) is 6.07 Å². The molecule has 92 valence electrons. The molecule has 1 aliphatic carbocycles. The molecule has 1 saturated heterocycles. The van der Waals surface area contributed by atoms with Crippen molar-refractivity contribution in [3.63, 3.8) is 0 Å². The summed E-state index contributed by atoms with van der Waals surface area (Å²) in [5, 5.41) is 3.38. The highest BCUT2D eigenvalue weighted by Crippen LogP contribution is 2.44. The number of rotatable bonds is 3. The van der Waals surface area contributed by atoms with Crippen LogP contribution in [0, 0.1) is 11.7 Å². The Morgan fingerprint density at radius 2 is 2.00 bits per heavy atom. The Bertz CT molecular complexity index is 384. The highest BCUT2D eigenvalue weighted by Gasteiger charge is 2.36. The molecular formula is C14H19FN2. The van der Waals surface area contributed by atoms with Gasteiger partial charge in [0.25, 0.3) is 0 Å². The maximum absolute atomic E-state index is 13.3. The molecule has 1 N–H and O–H groups in total. The molecule has 2 fully saturated rings. The molecule has 1 atom stereocenters. The largest absolute Gasteiger partial charge is 0.314 e. The molecular weight excluding hydrogens is 215 g/mol. The molecule has 1 saturated carbocycles. The van der Waals surface area contributed by atoms with Gasteiger partial charge in [-0.05, 0) is 36.5 Å². The predicted molar refractivity (Wildman–Crippen MR) is 66.3 cm³/mol. The minimum Gasteiger partial charge on any atom is -0.314 e. The summed E-state index contributed by atoms with van der Waals surface area (Å²) >= 11 is 0. The van der Waals surface area contributed by atoms with Gasteiger partial charge in [0.2, 0.25) is 0 Å². The first-order valence-electron chi connectivity index (χ1n) is 6.55. The monoisotopic (exact) mass is 234 g/mol. The number of hydrogen-bond acceptors (Lipinski definition) is 2. The highest BCUT2D eigenvalue weighted by atomic mass is 19.1. The van der Waals surface area contributed by atoms with Crippen LogP contribution >= 0.6 is 0 Å². The van der Waals surface area contributed by atoms with Crippen LogP contribution in [0.4, 0.5) is 4.39 Å². The summed E-state index contributed by atoms with van der Waals surface area (Å²) in [4.78, 5) is 2.52. The third kappa shape index (κ3) is 2.50. The first kappa shape index (κ1) is 11.2. The molecule has 0 amide bonds. The van der Waals surface area contributed by atoms with Gasteiger partial charge in [0.05, 0.1) is 0 Å². The van der Waals surface area contributed by atoms with Crippen molar-refractivity contribution in [3.8, 4) is 0 Å². The Labute approximate surface area is 102 Å². The molecule has 3 rings (SSSR count). The van der Waals surface area contributed by atoms with Crippen LogP contribution in [0.1, 0.15) is 24.4 Å². The van der Waals surface area contributed by atoms with Crippen molar-refractivity contribution in [2.45, 2.75) is 18.9 Å². The second kappa shape index (κ2) is 4.75. The Morgan fingerprint density at radius 3 is 2.65 bits per heavy atom. The van der Waals surface area contributed by atoms with Crippen molar-refractivity contribution in [3.05, 3.63) is 35.6 Å². The van der Waals surface area contributed by atoms with Crippen molar-refractivity contribution >= 4 is 0 Å². The van der Waals surface area contributed by atoms with E-state index in [-0.39, 0.29) is 5.82 Å². The lowest BCUT2D eigenvalue weighted by atomic mass is 10.00. The lowest BCUT2D eigenvalue weighted by Gasteiger charge is -2.35. The van der Waals surface area contributed by atoms with E-state index in [1.807, 2.05) is 6.07 Å². The highest BCUT2D eigenvalue weighted by molar-refractivity contribution is 5.22. The Hall–Kier alpha value is -0.930. The van der Waals surface area contributed by atoms with Crippen LogP contribution in [0.3, 0.4) is 0 Å². The van der Waals surface area contributed by atoms with Gasteiger partial charge in [-0.15, -0.1) is 0 Å². The first-order valence-corrected chi connectivity index (χ1v) is 6.55. The van der Waals surface area contributed by atoms with E-state index in [9.17, 15) is 4.39 Å². The van der Waals surface area contributed by atoms with Crippen LogP contribution in [0.25, 0.3) is 0 Å². The van der Waals surface area contributed by atoms with Gasteiger partial charge in [-0.2, -0.15) is 0 Å². The Kier molecular flexibility index (Phi) is 3.12. The molecule has 2 nitrogen and oxygen atoms in total. The molecule has 1 aromatic carbocycles. The number of nitrogens with one attached hydrogen (secondary N) is 1. The lowest BCUT2D eigenvalue weighted by Crippen LogP contribution is -2.45. The summed E-state index contributed by atoms with van der Waals surface area (Å²) in [5.41, 5.74) is 1.16. The smallest absolute Gasteiger partial charge is 0.123 e. The zero-order chi connectivity index (χ0) is 11.7. The van der Waals surface area contributed by atoms with Crippen molar-refractivity contribution in [2.24, 2.45) is 5.92 Å². The summed E-state index contributed by atoms with van der Waals surface area (Å²) in [6.07, 6.45) is 2.59. The fourth-order valence-corrected chi connectivity index (χ4v) is 2.84. The van der Waals surface area contributed by atoms with Gasteiger partial charge >= 0.3 is 0 Å². The van der Waals surface area contributed by atoms with E-state index in [4.69, 9.17) is 0 Å². The summed E-state index contributed by atoms with van der Waals surface area (Å²) in [6.45, 7) is 4.27. The number of hydrogen-bond donors (Lipinski definition) is 1. The average molecular weight is 234 g/mol. The van der Waals surface area contributed by atoms with Crippen LogP contribution in [0.15, 0.2) is 24.3 Å². The topological polar surface area (TPSA) is 15.3 Å². The number of nitrogens with zero attached hydrogens (tertiary/aromatic N) is 1. The molecule has 0 radical (unpaired) electrons. The van der Waals surface area contributed by atoms with Gasteiger partial charge in [-0.25, -0.2) is 4.39 Å². The standard InChI is InChI=1S/C14H19FN2/c15-13-3-1-2-12(10-13)14(11-4-5-11)17-8-6-16-7-9-17/h1-3,10-11,14,16H,4-9H2/t14-/m1/s1. The fourth-order valence-electron chi connectivity index (χ4n) is 2.84. The Morgan fingerprint density at radius 1 is 1.24 bits per heavy atom. The molecule has 0 aromatic heterocycles. The lowest BCUT2D eigenvalue weighted by molar-refractivity contribution is 0.156. The van der Waals surface area contributed by atoms with Crippen LogP contribution in [0.2, 0.25) is 0 Å². The van der Waals surface area contributed by atoms with Crippen LogP contribution in [0.5, 0.6) is 0 Å². The van der Waals surface area contributed by atoms with Gasteiger partial charge in [-0.3, -0.25) is 4.90 Å². The average Bonchev–Trinajstić information content (AvgIpc) is 3.15. The molecule has 17 heavy (non-hydrogen) atoms. The van der Waals surface area contributed by atoms with E-state index < -0.39 is 0 Å². The van der Waals surface area contributed by atoms with E-state index in [0.29, 0.717) is 6.04 Å². The van der Waals surface area contributed by atoms with Gasteiger partial charge in [0.1, 0.15) is 5.82 Å². The van der Waals surface area contributed by atoms with Gasteiger partial charge < -0.3 is 5.32 Å². The van der Waals surface area contributed by atoms with Crippen molar-refractivity contribution in [2.75, 3.05) is 26.2 Å². The van der Waals surface area contributed by atoms with Gasteiger partial charge in [0.15, 0.2) is 0 Å². The molecule has 1 heterocycles. The van der Waals surface area contributed by atoms with Gasteiger partial charge in [0, 0.05) is 32.2 Å². The zero-order valence-corrected chi connectivity index (χ0v) is 10.0. The fraction of sp³-hybridized carbons (Fsp3) is 0.571. The second-order valence-electron chi connectivity index (χ2n) is 5.12. The Balaban J connectivity index is 1.83. The molecule has 0 spiro atoms. The molecule has 1 aromatic rings. The van der Waals surface area contributed by atoms with Crippen molar-refractivity contribution in [1.82, 2.24) is 10.2 Å². The molecule has 0 unspecified atom stereocenters. The van der Waals surface area contributed by atoms with E-state index in [1.165, 1.54) is 18.9 Å². The minimum absolute atomic E-state index is 0.108. The molecule has 0 bridgehead atoms. The summed E-state index contributed by atoms with van der Waals surface area (Å²) in [6, 6.07) is 7.60. The predicted octanol–water partition coefficient (Wildman–Crippen LogP) is 2.18. The third-order valence-corrected chi connectivity index (χ3v) is 3.80. The SMILES string of the molecule is Fc1cccc([C@@H](C2CC2)N2CCNCC2)c1. The van der Waals surface area contributed by atoms with Crippen molar-refractivity contribution in [1.29, 1.82) is 0 Å². The molecule has 1 aliphatic heterocycles. The quantitative estimate of drug-likeness (QED) is 0.862. The normalized spacial score (nSPS) is 23.6.